The first kappa shape index (κ1) is 15.6. The van der Waals surface area contributed by atoms with Gasteiger partial charge >= 0.3 is 5.97 Å². The van der Waals surface area contributed by atoms with E-state index in [-0.39, 0.29) is 19.5 Å². The van der Waals surface area contributed by atoms with Crippen LogP contribution in [0.2, 0.25) is 0 Å². The van der Waals surface area contributed by atoms with E-state index in [1.165, 1.54) is 32.1 Å². The van der Waals surface area contributed by atoms with E-state index >= 15 is 0 Å². The molecule has 0 heterocycles. The summed E-state index contributed by atoms with van der Waals surface area (Å²) in [7, 11) is 0. The van der Waals surface area contributed by atoms with Gasteiger partial charge in [-0.15, -0.1) is 0 Å². The Morgan fingerprint density at radius 3 is 1.92 bits per heavy atom. The molecule has 13 heavy (non-hydrogen) atoms. The van der Waals surface area contributed by atoms with Gasteiger partial charge in [-0.2, -0.15) is 0 Å². The van der Waals surface area contributed by atoms with Gasteiger partial charge in [0.25, 0.3) is 0 Å². The Morgan fingerprint density at radius 1 is 1.00 bits per heavy atom. The molecule has 0 rings (SSSR count). The molecule has 0 amide bonds. The molecule has 0 saturated heterocycles. The zero-order valence-electron chi connectivity index (χ0n) is 8.35. The molecule has 0 fully saturated rings. The van der Waals surface area contributed by atoms with E-state index < -0.39 is 5.97 Å². The van der Waals surface area contributed by atoms with Crippen molar-refractivity contribution in [1.29, 1.82) is 0 Å². The first-order valence-electron chi connectivity index (χ1n) is 4.99. The van der Waals surface area contributed by atoms with Crippen LogP contribution in [0.4, 0.5) is 0 Å². The zero-order chi connectivity index (χ0) is 9.23. The molecule has 0 aliphatic heterocycles. The monoisotopic (exact) mass is 275 g/mol. The fraction of sp³-hybridized carbons (Fsp3) is 0.900. The van der Waals surface area contributed by atoms with Gasteiger partial charge in [0.05, 0.1) is 0 Å². The third-order valence-electron chi connectivity index (χ3n) is 1.99. The molecule has 1 radical (unpaired) electrons. The Kier molecular flexibility index (Phi) is 14.5. The number of carboxylic acids is 1. The van der Waals surface area contributed by atoms with Crippen molar-refractivity contribution in [1.82, 2.24) is 0 Å². The van der Waals surface area contributed by atoms with E-state index in [4.69, 9.17) is 5.11 Å². The second-order valence-corrected chi connectivity index (χ2v) is 3.27. The van der Waals surface area contributed by atoms with Gasteiger partial charge < -0.3 is 5.11 Å². The minimum absolute atomic E-state index is 0. The van der Waals surface area contributed by atoms with Gasteiger partial charge in [0.2, 0.25) is 0 Å². The van der Waals surface area contributed by atoms with Crippen LogP contribution in [-0.2, 0) is 24.3 Å². The van der Waals surface area contributed by atoms with Gasteiger partial charge in [-0.25, -0.2) is 0 Å². The van der Waals surface area contributed by atoms with Gasteiger partial charge in [0.1, 0.15) is 0 Å². The maximum absolute atomic E-state index is 10.1. The third-order valence-corrected chi connectivity index (χ3v) is 1.99. The van der Waals surface area contributed by atoms with E-state index in [0.717, 1.165) is 12.8 Å². The molecule has 0 spiro atoms. The van der Waals surface area contributed by atoms with Crippen molar-refractivity contribution in [3.05, 3.63) is 0 Å². The molecule has 0 aromatic rings. The number of carboxylic acid groups (broad SMARTS) is 1. The van der Waals surface area contributed by atoms with Crippen molar-refractivity contribution in [2.45, 2.75) is 58.3 Å². The standard InChI is InChI=1S/C10H20O2.Rh/c1-2-3-4-5-6-7-8-9-10(11)12;/h2-9H2,1H3,(H,11,12);. The number of unbranched alkanes of at least 4 members (excludes halogenated alkanes) is 6. The van der Waals surface area contributed by atoms with Crippen LogP contribution in [0.25, 0.3) is 0 Å². The van der Waals surface area contributed by atoms with Crippen molar-refractivity contribution in [2.24, 2.45) is 0 Å². The van der Waals surface area contributed by atoms with E-state index in [9.17, 15) is 4.79 Å². The van der Waals surface area contributed by atoms with Crippen molar-refractivity contribution in [3.8, 4) is 0 Å². The van der Waals surface area contributed by atoms with Crippen LogP contribution in [0.3, 0.4) is 0 Å². The molecule has 0 bridgehead atoms. The van der Waals surface area contributed by atoms with Gasteiger partial charge in [-0.3, -0.25) is 4.79 Å². The number of carbonyl (C=O) groups is 1. The predicted octanol–water partition coefficient (Wildman–Crippen LogP) is 3.21. The van der Waals surface area contributed by atoms with Crippen LogP contribution in [-0.4, -0.2) is 11.1 Å². The minimum Gasteiger partial charge on any atom is -0.481 e. The van der Waals surface area contributed by atoms with Gasteiger partial charge in [0.15, 0.2) is 0 Å². The molecule has 0 aliphatic carbocycles. The summed E-state index contributed by atoms with van der Waals surface area (Å²) in [6.07, 6.45) is 8.64. The van der Waals surface area contributed by atoms with Gasteiger partial charge in [-0.1, -0.05) is 45.4 Å². The van der Waals surface area contributed by atoms with Crippen LogP contribution >= 0.6 is 0 Å². The Labute approximate surface area is 93.9 Å². The van der Waals surface area contributed by atoms with E-state index in [1.54, 1.807) is 0 Å². The molecule has 2 nitrogen and oxygen atoms in total. The third kappa shape index (κ3) is 14.9. The van der Waals surface area contributed by atoms with Crippen LogP contribution in [0.15, 0.2) is 0 Å². The summed E-state index contributed by atoms with van der Waals surface area (Å²) in [6.45, 7) is 2.20. The second-order valence-electron chi connectivity index (χ2n) is 3.27. The first-order chi connectivity index (χ1) is 5.77. The number of aliphatic carboxylic acids is 1. The minimum atomic E-state index is -0.663. The molecule has 0 saturated carbocycles. The summed E-state index contributed by atoms with van der Waals surface area (Å²) >= 11 is 0. The molecular weight excluding hydrogens is 255 g/mol. The molecule has 0 aliphatic rings. The largest absolute Gasteiger partial charge is 0.481 e. The molecule has 1 N–H and O–H groups in total. The normalized spacial score (nSPS) is 9.31. The summed E-state index contributed by atoms with van der Waals surface area (Å²) in [5.41, 5.74) is 0. The summed E-state index contributed by atoms with van der Waals surface area (Å²) < 4.78 is 0. The number of rotatable bonds is 8. The van der Waals surface area contributed by atoms with Crippen molar-refractivity contribution < 1.29 is 29.4 Å². The maximum Gasteiger partial charge on any atom is 0.303 e. The second kappa shape index (κ2) is 12.1. The molecule has 0 unspecified atom stereocenters. The van der Waals surface area contributed by atoms with Gasteiger partial charge in [-0.05, 0) is 6.42 Å². The fourth-order valence-electron chi connectivity index (χ4n) is 1.23. The Bertz CT molecular complexity index is 115. The zero-order valence-corrected chi connectivity index (χ0v) is 9.98. The quantitative estimate of drug-likeness (QED) is 0.545. The molecule has 0 atom stereocenters. The molecule has 0 aromatic heterocycles. The number of hydrogen-bond donors (Lipinski definition) is 1. The Morgan fingerprint density at radius 2 is 1.46 bits per heavy atom. The van der Waals surface area contributed by atoms with Crippen LogP contribution in [0.5, 0.6) is 0 Å². The molecular formula is C10H20O2Rh. The van der Waals surface area contributed by atoms with Crippen molar-refractivity contribution in [2.75, 3.05) is 0 Å². The molecule has 81 valence electrons. The first-order valence-corrected chi connectivity index (χ1v) is 4.99. The van der Waals surface area contributed by atoms with Crippen LogP contribution in [0, 0.1) is 0 Å². The summed E-state index contributed by atoms with van der Waals surface area (Å²) in [5.74, 6) is -0.663. The summed E-state index contributed by atoms with van der Waals surface area (Å²) in [5, 5.41) is 8.35. The van der Waals surface area contributed by atoms with Crippen molar-refractivity contribution in [3.63, 3.8) is 0 Å². The average molecular weight is 275 g/mol. The molecule has 0 aromatic carbocycles. The summed E-state index contributed by atoms with van der Waals surface area (Å²) in [6, 6.07) is 0. The Hall–Kier alpha value is 0.0934. The topological polar surface area (TPSA) is 37.3 Å². The maximum atomic E-state index is 10.1. The van der Waals surface area contributed by atoms with Gasteiger partial charge in [0, 0.05) is 25.9 Å². The predicted molar refractivity (Wildman–Crippen MR) is 50.2 cm³/mol. The van der Waals surface area contributed by atoms with E-state index in [1.807, 2.05) is 0 Å². The fourth-order valence-corrected chi connectivity index (χ4v) is 1.23. The Balaban J connectivity index is 0. The summed E-state index contributed by atoms with van der Waals surface area (Å²) in [4.78, 5) is 10.1. The molecule has 3 heteroatoms. The SMILES string of the molecule is CCCCCCCCCC(=O)O.[Rh]. The van der Waals surface area contributed by atoms with Crippen LogP contribution < -0.4 is 0 Å². The van der Waals surface area contributed by atoms with Crippen LogP contribution in [0.1, 0.15) is 58.3 Å². The van der Waals surface area contributed by atoms with E-state index in [0.29, 0.717) is 6.42 Å². The number of hydrogen-bond acceptors (Lipinski definition) is 1. The van der Waals surface area contributed by atoms with Crippen molar-refractivity contribution >= 4 is 5.97 Å². The smallest absolute Gasteiger partial charge is 0.303 e. The average Bonchev–Trinajstić information content (AvgIpc) is 2.02. The van der Waals surface area contributed by atoms with E-state index in [2.05, 4.69) is 6.92 Å².